The zero-order valence-electron chi connectivity index (χ0n) is 9.29. The van der Waals surface area contributed by atoms with E-state index in [9.17, 15) is 8.78 Å². The maximum absolute atomic E-state index is 13.3. The van der Waals surface area contributed by atoms with E-state index in [1.807, 2.05) is 0 Å². The molecule has 0 saturated heterocycles. The van der Waals surface area contributed by atoms with E-state index in [2.05, 4.69) is 15.9 Å². The van der Waals surface area contributed by atoms with E-state index in [1.165, 1.54) is 0 Å². The quantitative estimate of drug-likeness (QED) is 0.873. The lowest BCUT2D eigenvalue weighted by molar-refractivity contribution is 0.289. The van der Waals surface area contributed by atoms with Crippen LogP contribution in [-0.2, 0) is 6.61 Å². The lowest BCUT2D eigenvalue weighted by Crippen LogP contribution is -2.01. The maximum atomic E-state index is 13.3. The van der Waals surface area contributed by atoms with Gasteiger partial charge in [-0.15, -0.1) is 0 Å². The Balaban J connectivity index is 2.13. The van der Waals surface area contributed by atoms with Gasteiger partial charge in [0.1, 0.15) is 12.4 Å². The Hall–Kier alpha value is -1.62. The highest BCUT2D eigenvalue weighted by Crippen LogP contribution is 2.22. The first-order chi connectivity index (χ1) is 8.56. The molecule has 94 valence electrons. The van der Waals surface area contributed by atoms with E-state index < -0.39 is 11.6 Å². The minimum atomic E-state index is -0.605. The van der Waals surface area contributed by atoms with Gasteiger partial charge in [-0.25, -0.2) is 8.78 Å². The van der Waals surface area contributed by atoms with Gasteiger partial charge in [0.15, 0.2) is 11.6 Å². The van der Waals surface area contributed by atoms with E-state index in [1.54, 1.807) is 18.2 Å². The van der Waals surface area contributed by atoms with Crippen LogP contribution >= 0.6 is 15.9 Å². The molecule has 0 aliphatic rings. The highest BCUT2D eigenvalue weighted by molar-refractivity contribution is 9.10. The van der Waals surface area contributed by atoms with Crippen molar-refractivity contribution >= 4 is 21.6 Å². The molecule has 0 aliphatic heterocycles. The van der Waals surface area contributed by atoms with Gasteiger partial charge < -0.3 is 10.5 Å². The highest BCUT2D eigenvalue weighted by Gasteiger charge is 2.06. The summed E-state index contributed by atoms with van der Waals surface area (Å²) < 4.78 is 32.3. The van der Waals surface area contributed by atoms with Crippen molar-refractivity contribution in [3.63, 3.8) is 0 Å². The fraction of sp³-hybridized carbons (Fsp3) is 0.0769. The largest absolute Gasteiger partial charge is 0.486 e. The van der Waals surface area contributed by atoms with Crippen LogP contribution in [0.2, 0.25) is 0 Å². The van der Waals surface area contributed by atoms with Crippen molar-refractivity contribution < 1.29 is 13.5 Å². The standard InChI is InChI=1S/C13H10BrF2NO/c14-9-2-1-8(12(17)5-9)7-18-13-6-10(15)3-4-11(13)16/h1-6H,7,17H2. The molecule has 2 aromatic rings. The molecule has 0 saturated carbocycles. The van der Waals surface area contributed by atoms with Gasteiger partial charge >= 0.3 is 0 Å². The molecule has 0 spiro atoms. The molecular weight excluding hydrogens is 304 g/mol. The number of benzene rings is 2. The van der Waals surface area contributed by atoms with Crippen LogP contribution in [0.25, 0.3) is 0 Å². The van der Waals surface area contributed by atoms with Crippen LogP contribution in [0.3, 0.4) is 0 Å². The lowest BCUT2D eigenvalue weighted by atomic mass is 10.2. The normalized spacial score (nSPS) is 10.4. The third-order valence-electron chi connectivity index (χ3n) is 2.38. The van der Waals surface area contributed by atoms with Gasteiger partial charge in [-0.05, 0) is 24.3 Å². The number of halogens is 3. The number of ether oxygens (including phenoxy) is 1. The fourth-order valence-corrected chi connectivity index (χ4v) is 1.82. The molecule has 2 rings (SSSR count). The zero-order chi connectivity index (χ0) is 13.1. The number of hydrogen-bond acceptors (Lipinski definition) is 2. The second kappa shape index (κ2) is 5.35. The molecule has 0 heterocycles. The summed E-state index contributed by atoms with van der Waals surface area (Å²) in [5, 5.41) is 0. The van der Waals surface area contributed by atoms with E-state index in [4.69, 9.17) is 10.5 Å². The van der Waals surface area contributed by atoms with Crippen LogP contribution in [0.15, 0.2) is 40.9 Å². The average Bonchev–Trinajstić information content (AvgIpc) is 2.32. The van der Waals surface area contributed by atoms with Gasteiger partial charge in [-0.1, -0.05) is 22.0 Å². The van der Waals surface area contributed by atoms with Crippen molar-refractivity contribution in [2.24, 2.45) is 0 Å². The predicted molar refractivity (Wildman–Crippen MR) is 69.2 cm³/mol. The van der Waals surface area contributed by atoms with Crippen molar-refractivity contribution in [3.8, 4) is 5.75 Å². The fourth-order valence-electron chi connectivity index (χ4n) is 1.44. The van der Waals surface area contributed by atoms with Crippen molar-refractivity contribution in [2.75, 3.05) is 5.73 Å². The molecule has 2 aromatic carbocycles. The van der Waals surface area contributed by atoms with E-state index in [-0.39, 0.29) is 12.4 Å². The summed E-state index contributed by atoms with van der Waals surface area (Å²) in [5.74, 6) is -1.28. The molecular formula is C13H10BrF2NO. The Morgan fingerprint density at radius 2 is 1.89 bits per heavy atom. The molecule has 0 radical (unpaired) electrons. The Morgan fingerprint density at radius 3 is 2.61 bits per heavy atom. The molecule has 0 bridgehead atoms. The zero-order valence-corrected chi connectivity index (χ0v) is 10.9. The minimum Gasteiger partial charge on any atom is -0.486 e. The van der Waals surface area contributed by atoms with Crippen LogP contribution in [-0.4, -0.2) is 0 Å². The Labute approximate surface area is 112 Å². The van der Waals surface area contributed by atoms with Crippen molar-refractivity contribution in [3.05, 3.63) is 58.1 Å². The number of hydrogen-bond donors (Lipinski definition) is 1. The maximum Gasteiger partial charge on any atom is 0.165 e. The average molecular weight is 314 g/mol. The first-order valence-electron chi connectivity index (χ1n) is 5.18. The molecule has 0 atom stereocenters. The third-order valence-corrected chi connectivity index (χ3v) is 2.88. The van der Waals surface area contributed by atoms with Gasteiger partial charge in [0.05, 0.1) is 0 Å². The molecule has 2 nitrogen and oxygen atoms in total. The Morgan fingerprint density at radius 1 is 1.11 bits per heavy atom. The van der Waals surface area contributed by atoms with Gasteiger partial charge in [-0.2, -0.15) is 0 Å². The van der Waals surface area contributed by atoms with Gasteiger partial charge in [-0.3, -0.25) is 0 Å². The van der Waals surface area contributed by atoms with Crippen LogP contribution in [0.1, 0.15) is 5.56 Å². The van der Waals surface area contributed by atoms with Crippen molar-refractivity contribution in [2.45, 2.75) is 6.61 Å². The number of anilines is 1. The van der Waals surface area contributed by atoms with Crippen molar-refractivity contribution in [1.29, 1.82) is 0 Å². The lowest BCUT2D eigenvalue weighted by Gasteiger charge is -2.09. The second-order valence-corrected chi connectivity index (χ2v) is 4.62. The summed E-state index contributed by atoms with van der Waals surface area (Å²) in [6, 6.07) is 8.35. The number of nitrogens with two attached hydrogens (primary N) is 1. The first-order valence-corrected chi connectivity index (χ1v) is 5.97. The molecule has 18 heavy (non-hydrogen) atoms. The van der Waals surface area contributed by atoms with Crippen LogP contribution in [0, 0.1) is 11.6 Å². The smallest absolute Gasteiger partial charge is 0.165 e. The molecule has 5 heteroatoms. The van der Waals surface area contributed by atoms with Crippen LogP contribution < -0.4 is 10.5 Å². The summed E-state index contributed by atoms with van der Waals surface area (Å²) in [4.78, 5) is 0. The summed E-state index contributed by atoms with van der Waals surface area (Å²) in [6.45, 7) is 0.0828. The topological polar surface area (TPSA) is 35.2 Å². The second-order valence-electron chi connectivity index (χ2n) is 3.71. The van der Waals surface area contributed by atoms with E-state index in [0.29, 0.717) is 11.3 Å². The summed E-state index contributed by atoms with van der Waals surface area (Å²) in [5.41, 5.74) is 7.01. The van der Waals surface area contributed by atoms with Crippen LogP contribution in [0.4, 0.5) is 14.5 Å². The van der Waals surface area contributed by atoms with Gasteiger partial charge in [0.2, 0.25) is 0 Å². The van der Waals surface area contributed by atoms with Gasteiger partial charge in [0.25, 0.3) is 0 Å². The monoisotopic (exact) mass is 313 g/mol. The molecule has 0 amide bonds. The summed E-state index contributed by atoms with van der Waals surface area (Å²) >= 11 is 3.28. The summed E-state index contributed by atoms with van der Waals surface area (Å²) in [6.07, 6.45) is 0. The molecule has 2 N–H and O–H groups in total. The molecule has 0 aliphatic carbocycles. The Bertz CT molecular complexity index is 575. The van der Waals surface area contributed by atoms with Gasteiger partial charge in [0, 0.05) is 21.8 Å². The van der Waals surface area contributed by atoms with Crippen molar-refractivity contribution in [1.82, 2.24) is 0 Å². The number of rotatable bonds is 3. The van der Waals surface area contributed by atoms with Crippen LogP contribution in [0.5, 0.6) is 5.75 Å². The first kappa shape index (κ1) is 12.8. The molecule has 0 aromatic heterocycles. The van der Waals surface area contributed by atoms with E-state index >= 15 is 0 Å². The number of nitrogen functional groups attached to an aromatic ring is 1. The SMILES string of the molecule is Nc1cc(Br)ccc1COc1cc(F)ccc1F. The summed E-state index contributed by atoms with van der Waals surface area (Å²) in [7, 11) is 0. The third kappa shape index (κ3) is 2.98. The highest BCUT2D eigenvalue weighted by atomic mass is 79.9. The minimum absolute atomic E-state index is 0.0828. The van der Waals surface area contributed by atoms with E-state index in [0.717, 1.165) is 22.7 Å². The predicted octanol–water partition coefficient (Wildman–Crippen LogP) is 3.89. The molecule has 0 fully saturated rings. The Kier molecular flexibility index (Phi) is 3.81. The molecule has 0 unspecified atom stereocenters.